The van der Waals surface area contributed by atoms with Crippen molar-refractivity contribution >= 4 is 37.8 Å². The van der Waals surface area contributed by atoms with Crippen LogP contribution in [0.5, 0.6) is 0 Å². The molecule has 0 unspecified atom stereocenters. The van der Waals surface area contributed by atoms with Crippen molar-refractivity contribution in [3.05, 3.63) is 27.0 Å². The van der Waals surface area contributed by atoms with Gasteiger partial charge in [-0.15, -0.1) is 5.10 Å². The van der Waals surface area contributed by atoms with Gasteiger partial charge in [-0.25, -0.2) is 4.98 Å². The van der Waals surface area contributed by atoms with E-state index in [0.717, 1.165) is 10.0 Å². The number of nitrogens with two attached hydrogens (primary N) is 1. The van der Waals surface area contributed by atoms with Crippen molar-refractivity contribution in [3.8, 4) is 5.82 Å². The number of hydrogen-bond donors (Lipinski definition) is 1. The van der Waals surface area contributed by atoms with Crippen LogP contribution in [0.25, 0.3) is 5.82 Å². The molecule has 0 fully saturated rings. The lowest BCUT2D eigenvalue weighted by Crippen LogP contribution is -2.01. The zero-order valence-electron chi connectivity index (χ0n) is 7.78. The lowest BCUT2D eigenvalue weighted by Gasteiger charge is -2.03. The summed E-state index contributed by atoms with van der Waals surface area (Å²) in [6, 6.07) is 1.89. The maximum absolute atomic E-state index is 5.47. The highest BCUT2D eigenvalue weighted by Gasteiger charge is 2.08. The van der Waals surface area contributed by atoms with Gasteiger partial charge in [-0.3, -0.25) is 0 Å². The third-order valence-electron chi connectivity index (χ3n) is 1.83. The van der Waals surface area contributed by atoms with Gasteiger partial charge in [-0.05, 0) is 50.4 Å². The molecule has 0 atom stereocenters. The number of rotatable bonds is 1. The normalized spacial score (nSPS) is 10.6. The Labute approximate surface area is 103 Å². The number of anilines is 1. The van der Waals surface area contributed by atoms with E-state index in [9.17, 15) is 0 Å². The molecule has 0 bridgehead atoms. The molecule has 0 aromatic carbocycles. The maximum Gasteiger partial charge on any atom is 0.240 e. The van der Waals surface area contributed by atoms with Gasteiger partial charge in [-0.2, -0.15) is 9.67 Å². The molecule has 0 saturated heterocycles. The van der Waals surface area contributed by atoms with Crippen LogP contribution in [-0.2, 0) is 0 Å². The Hall–Kier alpha value is -0.950. The van der Waals surface area contributed by atoms with Crippen molar-refractivity contribution in [3.63, 3.8) is 0 Å². The molecule has 15 heavy (non-hydrogen) atoms. The Morgan fingerprint density at radius 3 is 2.67 bits per heavy atom. The largest absolute Gasteiger partial charge is 0.366 e. The molecule has 2 aromatic rings. The van der Waals surface area contributed by atoms with Crippen LogP contribution in [0.4, 0.5) is 5.95 Å². The zero-order valence-corrected chi connectivity index (χ0v) is 10.9. The molecule has 0 aliphatic heterocycles. The van der Waals surface area contributed by atoms with Crippen molar-refractivity contribution in [2.24, 2.45) is 0 Å². The summed E-state index contributed by atoms with van der Waals surface area (Å²) in [6.07, 6.45) is 1.72. The molecule has 2 heterocycles. The Morgan fingerprint density at radius 1 is 1.40 bits per heavy atom. The predicted molar refractivity (Wildman–Crippen MR) is 63.7 cm³/mol. The van der Waals surface area contributed by atoms with E-state index in [-0.39, 0.29) is 5.95 Å². The minimum atomic E-state index is 0.212. The number of nitrogens with zero attached hydrogens (tertiary/aromatic N) is 4. The third-order valence-corrected chi connectivity index (χ3v) is 3.18. The van der Waals surface area contributed by atoms with E-state index >= 15 is 0 Å². The molecule has 0 spiro atoms. The van der Waals surface area contributed by atoms with Crippen LogP contribution in [0.3, 0.4) is 0 Å². The standard InChI is InChI=1S/C8H7Br2N5/c1-4-2-6(12-3-5(4)9)15-7(10)13-8(11)14-15/h2-3H,1H3,(H2,11,14). The van der Waals surface area contributed by atoms with Crippen molar-refractivity contribution in [1.82, 2.24) is 19.7 Å². The van der Waals surface area contributed by atoms with Crippen molar-refractivity contribution < 1.29 is 0 Å². The first kappa shape index (κ1) is 10.6. The second kappa shape index (κ2) is 3.90. The summed E-state index contributed by atoms with van der Waals surface area (Å²) in [5.41, 5.74) is 6.54. The Morgan fingerprint density at radius 2 is 2.13 bits per heavy atom. The lowest BCUT2D eigenvalue weighted by molar-refractivity contribution is 0.825. The van der Waals surface area contributed by atoms with Gasteiger partial charge in [-0.1, -0.05) is 0 Å². The lowest BCUT2D eigenvalue weighted by atomic mass is 10.3. The molecular formula is C8H7Br2N5. The number of nitrogen functional groups attached to an aromatic ring is 1. The molecule has 2 rings (SSSR count). The molecule has 5 nitrogen and oxygen atoms in total. The van der Waals surface area contributed by atoms with E-state index in [1.165, 1.54) is 4.68 Å². The van der Waals surface area contributed by atoms with Gasteiger partial charge in [0.05, 0.1) is 0 Å². The fourth-order valence-corrected chi connectivity index (χ4v) is 1.75. The summed E-state index contributed by atoms with van der Waals surface area (Å²) in [5.74, 6) is 0.885. The van der Waals surface area contributed by atoms with Crippen LogP contribution in [0.15, 0.2) is 21.5 Å². The topological polar surface area (TPSA) is 69.6 Å². The minimum absolute atomic E-state index is 0.212. The highest BCUT2D eigenvalue weighted by molar-refractivity contribution is 9.10. The van der Waals surface area contributed by atoms with E-state index in [0.29, 0.717) is 10.6 Å². The van der Waals surface area contributed by atoms with Gasteiger partial charge in [0.2, 0.25) is 10.7 Å². The second-order valence-electron chi connectivity index (χ2n) is 2.94. The van der Waals surface area contributed by atoms with Gasteiger partial charge in [0.15, 0.2) is 5.82 Å². The fourth-order valence-electron chi connectivity index (χ4n) is 1.09. The van der Waals surface area contributed by atoms with Crippen LogP contribution in [-0.4, -0.2) is 19.7 Å². The van der Waals surface area contributed by atoms with Gasteiger partial charge < -0.3 is 5.73 Å². The average Bonchev–Trinajstić information content (AvgIpc) is 2.50. The summed E-state index contributed by atoms with van der Waals surface area (Å²) in [5, 5.41) is 4.01. The molecular weight excluding hydrogens is 326 g/mol. The van der Waals surface area contributed by atoms with Crippen LogP contribution in [0, 0.1) is 6.92 Å². The Bertz CT molecular complexity index is 508. The molecule has 78 valence electrons. The van der Waals surface area contributed by atoms with E-state index in [1.54, 1.807) is 6.20 Å². The molecule has 0 aliphatic carbocycles. The molecule has 0 saturated carbocycles. The summed E-state index contributed by atoms with van der Waals surface area (Å²) >= 11 is 6.64. The van der Waals surface area contributed by atoms with E-state index in [2.05, 4.69) is 46.9 Å². The minimum Gasteiger partial charge on any atom is -0.366 e. The van der Waals surface area contributed by atoms with Crippen molar-refractivity contribution in [1.29, 1.82) is 0 Å². The second-order valence-corrected chi connectivity index (χ2v) is 4.51. The monoisotopic (exact) mass is 331 g/mol. The van der Waals surface area contributed by atoms with Gasteiger partial charge in [0.1, 0.15) is 0 Å². The number of aryl methyl sites for hydroxylation is 1. The molecule has 7 heteroatoms. The van der Waals surface area contributed by atoms with E-state index in [4.69, 9.17) is 5.73 Å². The van der Waals surface area contributed by atoms with Crippen LogP contribution in [0.1, 0.15) is 5.56 Å². The van der Waals surface area contributed by atoms with Crippen molar-refractivity contribution in [2.75, 3.05) is 5.73 Å². The number of pyridine rings is 1. The summed E-state index contributed by atoms with van der Waals surface area (Å²) in [6.45, 7) is 1.98. The highest BCUT2D eigenvalue weighted by atomic mass is 79.9. The predicted octanol–water partition coefficient (Wildman–Crippen LogP) is 2.08. The zero-order chi connectivity index (χ0) is 11.0. The Kier molecular flexibility index (Phi) is 2.74. The van der Waals surface area contributed by atoms with Crippen LogP contribution >= 0.6 is 31.9 Å². The average molecular weight is 333 g/mol. The SMILES string of the molecule is Cc1cc(-n2nc(N)nc2Br)ncc1Br. The highest BCUT2D eigenvalue weighted by Crippen LogP contribution is 2.19. The van der Waals surface area contributed by atoms with Crippen LogP contribution < -0.4 is 5.73 Å². The first-order valence-electron chi connectivity index (χ1n) is 4.08. The van der Waals surface area contributed by atoms with Crippen molar-refractivity contribution in [2.45, 2.75) is 6.92 Å². The van der Waals surface area contributed by atoms with E-state index in [1.807, 2.05) is 13.0 Å². The smallest absolute Gasteiger partial charge is 0.240 e. The third kappa shape index (κ3) is 2.03. The van der Waals surface area contributed by atoms with Gasteiger partial charge in [0.25, 0.3) is 0 Å². The van der Waals surface area contributed by atoms with E-state index < -0.39 is 0 Å². The molecule has 0 radical (unpaired) electrons. The first-order valence-corrected chi connectivity index (χ1v) is 5.67. The fraction of sp³-hybridized carbons (Fsp3) is 0.125. The molecule has 2 aromatic heterocycles. The first-order chi connectivity index (χ1) is 7.08. The van der Waals surface area contributed by atoms with Gasteiger partial charge >= 0.3 is 0 Å². The maximum atomic E-state index is 5.47. The quantitative estimate of drug-likeness (QED) is 0.868. The Balaban J connectivity index is 2.54. The summed E-state index contributed by atoms with van der Waals surface area (Å²) < 4.78 is 3.03. The molecule has 2 N–H and O–H groups in total. The summed E-state index contributed by atoms with van der Waals surface area (Å²) in [7, 11) is 0. The number of halogens is 2. The number of aromatic nitrogens is 4. The summed E-state index contributed by atoms with van der Waals surface area (Å²) in [4.78, 5) is 8.15. The van der Waals surface area contributed by atoms with Crippen LogP contribution in [0.2, 0.25) is 0 Å². The van der Waals surface area contributed by atoms with Gasteiger partial charge in [0, 0.05) is 10.7 Å². The number of hydrogen-bond acceptors (Lipinski definition) is 4. The molecule has 0 aliphatic rings. The molecule has 0 amide bonds.